The molecule has 1 N–H and O–H groups in total. The average Bonchev–Trinajstić information content (AvgIpc) is 3.17. The Morgan fingerprint density at radius 3 is 2.39 bits per heavy atom. The van der Waals surface area contributed by atoms with E-state index in [0.29, 0.717) is 13.0 Å². The van der Waals surface area contributed by atoms with Crippen LogP contribution in [0.25, 0.3) is 0 Å². The molecule has 0 radical (unpaired) electrons. The molecule has 0 spiro atoms. The van der Waals surface area contributed by atoms with Crippen LogP contribution >= 0.6 is 0 Å². The van der Waals surface area contributed by atoms with Crippen molar-refractivity contribution in [2.45, 2.75) is 37.8 Å². The molecule has 2 aromatic rings. The van der Waals surface area contributed by atoms with Crippen molar-refractivity contribution < 1.29 is 27.9 Å². The summed E-state index contributed by atoms with van der Waals surface area (Å²) in [5.74, 6) is -3.27. The van der Waals surface area contributed by atoms with Crippen LogP contribution < -0.4 is 5.32 Å². The van der Waals surface area contributed by atoms with E-state index in [0.717, 1.165) is 23.8 Å². The fourth-order valence-corrected chi connectivity index (χ4v) is 4.00. The summed E-state index contributed by atoms with van der Waals surface area (Å²) >= 11 is 0. The Labute approximate surface area is 179 Å². The number of amides is 2. The molecule has 164 valence electrons. The van der Waals surface area contributed by atoms with E-state index in [-0.39, 0.29) is 17.9 Å². The number of hydrogen-bond donors (Lipinski definition) is 1. The molecular weight excluding hydrogens is 406 g/mol. The molecule has 0 aromatic heterocycles. The topological polar surface area (TPSA) is 75.7 Å². The first-order chi connectivity index (χ1) is 14.8. The smallest absolute Gasteiger partial charge is 0.329 e. The van der Waals surface area contributed by atoms with Gasteiger partial charge in [0, 0.05) is 18.5 Å². The molecule has 8 heteroatoms. The number of carbonyl (C=O) groups excluding carboxylic acids is 3. The molecule has 2 aromatic carbocycles. The van der Waals surface area contributed by atoms with E-state index >= 15 is 0 Å². The van der Waals surface area contributed by atoms with Crippen molar-refractivity contribution in [2.24, 2.45) is 0 Å². The molecule has 3 rings (SSSR count). The van der Waals surface area contributed by atoms with Gasteiger partial charge in [-0.3, -0.25) is 9.59 Å². The van der Waals surface area contributed by atoms with Gasteiger partial charge in [-0.05, 0) is 36.6 Å². The van der Waals surface area contributed by atoms with Crippen LogP contribution in [0, 0.1) is 11.6 Å². The minimum absolute atomic E-state index is 0.160. The monoisotopic (exact) mass is 430 g/mol. The lowest BCUT2D eigenvalue weighted by Gasteiger charge is -2.28. The van der Waals surface area contributed by atoms with Gasteiger partial charge in [0.1, 0.15) is 23.7 Å². The minimum Gasteiger partial charge on any atom is -0.467 e. The van der Waals surface area contributed by atoms with Crippen LogP contribution in [0.1, 0.15) is 30.4 Å². The van der Waals surface area contributed by atoms with Crippen molar-refractivity contribution in [1.29, 1.82) is 0 Å². The van der Waals surface area contributed by atoms with E-state index in [9.17, 15) is 23.2 Å². The van der Waals surface area contributed by atoms with Gasteiger partial charge in [-0.2, -0.15) is 0 Å². The number of likely N-dealkylation sites (tertiary alicyclic amines) is 1. The summed E-state index contributed by atoms with van der Waals surface area (Å²) in [7, 11) is 1.27. The third-order valence-electron chi connectivity index (χ3n) is 5.39. The fraction of sp³-hybridized carbons (Fsp3) is 0.348. The summed E-state index contributed by atoms with van der Waals surface area (Å²) < 4.78 is 31.6. The largest absolute Gasteiger partial charge is 0.467 e. The summed E-state index contributed by atoms with van der Waals surface area (Å²) in [6.07, 6.45) is 0.304. The highest BCUT2D eigenvalue weighted by molar-refractivity contribution is 5.91. The molecule has 3 atom stereocenters. The molecule has 0 bridgehead atoms. The van der Waals surface area contributed by atoms with E-state index in [1.54, 1.807) is 0 Å². The predicted octanol–water partition coefficient (Wildman–Crippen LogP) is 2.57. The van der Waals surface area contributed by atoms with Crippen molar-refractivity contribution in [3.63, 3.8) is 0 Å². The normalized spacial score (nSPS) is 19.0. The molecule has 1 unspecified atom stereocenters. The minimum atomic E-state index is -0.924. The quantitative estimate of drug-likeness (QED) is 0.715. The Hall–Kier alpha value is -3.29. The second-order valence-corrected chi connectivity index (χ2v) is 7.55. The van der Waals surface area contributed by atoms with E-state index in [1.165, 1.54) is 18.9 Å². The first kappa shape index (κ1) is 22.4. The molecule has 1 aliphatic heterocycles. The molecule has 1 heterocycles. The van der Waals surface area contributed by atoms with Crippen LogP contribution in [0.15, 0.2) is 48.5 Å². The zero-order valence-corrected chi connectivity index (χ0v) is 17.3. The van der Waals surface area contributed by atoms with E-state index < -0.39 is 41.5 Å². The van der Waals surface area contributed by atoms with Gasteiger partial charge in [0.2, 0.25) is 11.8 Å². The molecule has 6 nitrogen and oxygen atoms in total. The maximum atomic E-state index is 13.3. The third-order valence-corrected chi connectivity index (χ3v) is 5.39. The standard InChI is InChI=1S/C23H24F2N2O4/c1-14(26-20(28)12-15-10-17(24)13-18(25)11-15)22(29)27-9-8-19(21(27)23(30)31-2)16-6-4-3-5-7-16/h3-7,10-11,13-14,19,21H,8-9,12H2,1-2H3,(H,26,28)/t14-,19?,21-/m0/s1. The predicted molar refractivity (Wildman–Crippen MR) is 109 cm³/mol. The highest BCUT2D eigenvalue weighted by Crippen LogP contribution is 2.34. The summed E-state index contributed by atoms with van der Waals surface area (Å²) in [6, 6.07) is 10.5. The lowest BCUT2D eigenvalue weighted by molar-refractivity contribution is -0.152. The summed E-state index contributed by atoms with van der Waals surface area (Å²) in [5, 5.41) is 2.55. The Bertz CT molecular complexity index is 947. The Morgan fingerprint density at radius 1 is 1.13 bits per heavy atom. The SMILES string of the molecule is COC(=O)[C@@H]1C(c2ccccc2)CCN1C(=O)[C@H](C)NC(=O)Cc1cc(F)cc(F)c1. The molecule has 2 amide bonds. The summed E-state index contributed by atoms with van der Waals surface area (Å²) in [6.45, 7) is 1.85. The number of nitrogens with zero attached hydrogens (tertiary/aromatic N) is 1. The van der Waals surface area contributed by atoms with Gasteiger partial charge in [0.05, 0.1) is 13.5 Å². The van der Waals surface area contributed by atoms with Gasteiger partial charge in [-0.15, -0.1) is 0 Å². The highest BCUT2D eigenvalue weighted by Gasteiger charge is 2.44. The van der Waals surface area contributed by atoms with Crippen LogP contribution in [0.5, 0.6) is 0 Å². The summed E-state index contributed by atoms with van der Waals surface area (Å²) in [4.78, 5) is 39.3. The molecule has 0 aliphatic carbocycles. The van der Waals surface area contributed by atoms with Crippen molar-refractivity contribution >= 4 is 17.8 Å². The summed E-state index contributed by atoms with van der Waals surface area (Å²) in [5.41, 5.74) is 1.09. The van der Waals surface area contributed by atoms with E-state index in [2.05, 4.69) is 5.32 Å². The van der Waals surface area contributed by atoms with Crippen LogP contribution in [0.4, 0.5) is 8.78 Å². The first-order valence-electron chi connectivity index (χ1n) is 9.97. The number of benzene rings is 2. The van der Waals surface area contributed by atoms with Gasteiger partial charge in [-0.1, -0.05) is 30.3 Å². The molecule has 1 aliphatic rings. The zero-order chi connectivity index (χ0) is 22.5. The van der Waals surface area contributed by atoms with Gasteiger partial charge in [0.25, 0.3) is 0 Å². The number of nitrogens with one attached hydrogen (secondary N) is 1. The zero-order valence-electron chi connectivity index (χ0n) is 17.3. The molecule has 31 heavy (non-hydrogen) atoms. The highest BCUT2D eigenvalue weighted by atomic mass is 19.1. The maximum absolute atomic E-state index is 13.3. The Kier molecular flexibility index (Phi) is 6.99. The van der Waals surface area contributed by atoms with Crippen molar-refractivity contribution in [1.82, 2.24) is 10.2 Å². The third kappa shape index (κ3) is 5.25. The van der Waals surface area contributed by atoms with Crippen LogP contribution in [-0.2, 0) is 25.5 Å². The average molecular weight is 430 g/mol. The molecule has 1 fully saturated rings. The van der Waals surface area contributed by atoms with Crippen molar-refractivity contribution in [3.8, 4) is 0 Å². The lowest BCUT2D eigenvalue weighted by Crippen LogP contribution is -2.51. The first-order valence-corrected chi connectivity index (χ1v) is 9.97. The molecule has 1 saturated heterocycles. The van der Waals surface area contributed by atoms with Gasteiger partial charge >= 0.3 is 5.97 Å². The van der Waals surface area contributed by atoms with Crippen LogP contribution in [0.3, 0.4) is 0 Å². The second-order valence-electron chi connectivity index (χ2n) is 7.55. The van der Waals surface area contributed by atoms with Gasteiger partial charge in [-0.25, -0.2) is 13.6 Å². The number of ether oxygens (including phenoxy) is 1. The number of carbonyl (C=O) groups is 3. The lowest BCUT2D eigenvalue weighted by atomic mass is 9.91. The number of rotatable bonds is 6. The van der Waals surface area contributed by atoms with E-state index in [4.69, 9.17) is 4.74 Å². The van der Waals surface area contributed by atoms with Gasteiger partial charge < -0.3 is 15.0 Å². The number of halogens is 2. The fourth-order valence-electron chi connectivity index (χ4n) is 4.00. The number of methoxy groups -OCH3 is 1. The number of esters is 1. The Balaban J connectivity index is 1.69. The van der Waals surface area contributed by atoms with Crippen molar-refractivity contribution in [2.75, 3.05) is 13.7 Å². The second kappa shape index (κ2) is 9.68. The van der Waals surface area contributed by atoms with E-state index in [1.807, 2.05) is 30.3 Å². The van der Waals surface area contributed by atoms with Gasteiger partial charge in [0.15, 0.2) is 0 Å². The molecular formula is C23H24F2N2O4. The molecule has 0 saturated carbocycles. The maximum Gasteiger partial charge on any atom is 0.329 e. The van der Waals surface area contributed by atoms with Crippen LogP contribution in [-0.4, -0.2) is 48.4 Å². The Morgan fingerprint density at radius 2 is 1.77 bits per heavy atom. The van der Waals surface area contributed by atoms with Crippen LogP contribution in [0.2, 0.25) is 0 Å². The number of hydrogen-bond acceptors (Lipinski definition) is 4. The van der Waals surface area contributed by atoms with Crippen molar-refractivity contribution in [3.05, 3.63) is 71.3 Å².